The first-order chi connectivity index (χ1) is 11.3. The Bertz CT molecular complexity index is 539. The molecule has 0 bridgehead atoms. The highest BCUT2D eigenvalue weighted by molar-refractivity contribution is 7.07. The van der Waals surface area contributed by atoms with Gasteiger partial charge in [-0.3, -0.25) is 4.79 Å². The second-order valence-electron chi connectivity index (χ2n) is 7.32. The summed E-state index contributed by atoms with van der Waals surface area (Å²) in [6, 6.07) is 2.62. The molecule has 3 aliphatic rings. The molecule has 0 radical (unpaired) electrons. The standard InChI is InChI=1S/C18H26N2O2S.ClH/c21-17(15-1-8-22-9-2-15)20(12-14-3-10-23-13-14)16-11-18(16)4-6-19-7-5-18;/h3,10,13,15-16,19H,1-2,4-9,11-12H2;1H. The largest absolute Gasteiger partial charge is 0.381 e. The van der Waals surface area contributed by atoms with E-state index in [4.69, 9.17) is 4.74 Å². The molecule has 1 aromatic heterocycles. The van der Waals surface area contributed by atoms with Crippen LogP contribution in [0.5, 0.6) is 0 Å². The lowest BCUT2D eigenvalue weighted by Crippen LogP contribution is -2.43. The third kappa shape index (κ3) is 3.64. The second-order valence-corrected chi connectivity index (χ2v) is 8.10. The minimum absolute atomic E-state index is 0. The average molecular weight is 371 g/mol. The van der Waals surface area contributed by atoms with Gasteiger partial charge in [0.25, 0.3) is 0 Å². The number of hydrogen-bond acceptors (Lipinski definition) is 4. The molecule has 24 heavy (non-hydrogen) atoms. The molecule has 3 heterocycles. The van der Waals surface area contributed by atoms with Crippen LogP contribution in [0.15, 0.2) is 16.8 Å². The molecule has 0 aromatic carbocycles. The van der Waals surface area contributed by atoms with Crippen molar-refractivity contribution in [1.82, 2.24) is 10.2 Å². The smallest absolute Gasteiger partial charge is 0.226 e. The Morgan fingerprint density at radius 1 is 1.33 bits per heavy atom. The summed E-state index contributed by atoms with van der Waals surface area (Å²) < 4.78 is 5.44. The van der Waals surface area contributed by atoms with Crippen LogP contribution >= 0.6 is 23.7 Å². The zero-order chi connectivity index (χ0) is 15.7. The quantitative estimate of drug-likeness (QED) is 0.885. The number of thiophene rings is 1. The molecule has 1 unspecified atom stereocenters. The highest BCUT2D eigenvalue weighted by atomic mass is 35.5. The minimum atomic E-state index is 0. The third-order valence-electron chi connectivity index (χ3n) is 5.91. The van der Waals surface area contributed by atoms with Crippen molar-refractivity contribution in [3.63, 3.8) is 0 Å². The van der Waals surface area contributed by atoms with Crippen LogP contribution < -0.4 is 5.32 Å². The molecule has 2 saturated heterocycles. The molecule has 6 heteroatoms. The van der Waals surface area contributed by atoms with Crippen molar-refractivity contribution in [2.75, 3.05) is 26.3 Å². The predicted molar refractivity (Wildman–Crippen MR) is 98.6 cm³/mol. The molecule has 134 valence electrons. The van der Waals surface area contributed by atoms with Crippen molar-refractivity contribution in [2.45, 2.75) is 44.7 Å². The zero-order valence-corrected chi connectivity index (χ0v) is 15.7. The van der Waals surface area contributed by atoms with Crippen molar-refractivity contribution >= 4 is 29.7 Å². The topological polar surface area (TPSA) is 41.6 Å². The van der Waals surface area contributed by atoms with Gasteiger partial charge in [-0.2, -0.15) is 11.3 Å². The summed E-state index contributed by atoms with van der Waals surface area (Å²) in [7, 11) is 0. The molecule has 1 amide bonds. The monoisotopic (exact) mass is 370 g/mol. The number of ether oxygens (including phenoxy) is 1. The van der Waals surface area contributed by atoms with E-state index in [1.165, 1.54) is 24.8 Å². The molecule has 1 aromatic rings. The maximum absolute atomic E-state index is 13.2. The highest BCUT2D eigenvalue weighted by Gasteiger charge is 2.58. The van der Waals surface area contributed by atoms with Gasteiger partial charge in [0, 0.05) is 31.7 Å². The number of rotatable bonds is 4. The van der Waals surface area contributed by atoms with Gasteiger partial charge in [-0.1, -0.05) is 0 Å². The molecule has 1 N–H and O–H groups in total. The average Bonchev–Trinajstić information content (AvgIpc) is 3.04. The highest BCUT2D eigenvalue weighted by Crippen LogP contribution is 2.56. The Morgan fingerprint density at radius 3 is 2.75 bits per heavy atom. The lowest BCUT2D eigenvalue weighted by molar-refractivity contribution is -0.140. The van der Waals surface area contributed by atoms with E-state index in [1.807, 2.05) is 0 Å². The maximum atomic E-state index is 13.2. The molecule has 4 nitrogen and oxygen atoms in total. The molecule has 3 fully saturated rings. The predicted octanol–water partition coefficient (Wildman–Crippen LogP) is 3.07. The Kier molecular flexibility index (Phi) is 5.85. The number of amides is 1. The summed E-state index contributed by atoms with van der Waals surface area (Å²) in [5.74, 6) is 0.543. The normalized spacial score (nSPS) is 25.9. The molecular formula is C18H27ClN2O2S. The molecule has 4 rings (SSSR count). The summed E-state index contributed by atoms with van der Waals surface area (Å²) in [6.45, 7) is 4.48. The van der Waals surface area contributed by atoms with Crippen LogP contribution in [-0.4, -0.2) is 43.2 Å². The fourth-order valence-electron chi connectivity index (χ4n) is 4.33. The molecular weight excluding hydrogens is 344 g/mol. The van der Waals surface area contributed by atoms with Gasteiger partial charge < -0.3 is 15.0 Å². The second kappa shape index (κ2) is 7.73. The number of hydrogen-bond donors (Lipinski definition) is 1. The van der Waals surface area contributed by atoms with Gasteiger partial charge in [-0.15, -0.1) is 12.4 Å². The number of nitrogens with zero attached hydrogens (tertiary/aromatic N) is 1. The Hall–Kier alpha value is -0.620. The number of carbonyl (C=O) groups is 1. The van der Waals surface area contributed by atoms with Gasteiger partial charge in [0.15, 0.2) is 0 Å². The van der Waals surface area contributed by atoms with Gasteiger partial charge in [-0.25, -0.2) is 0 Å². The van der Waals surface area contributed by atoms with Crippen LogP contribution in [0.4, 0.5) is 0 Å². The van der Waals surface area contributed by atoms with Gasteiger partial charge in [0.2, 0.25) is 5.91 Å². The van der Waals surface area contributed by atoms with E-state index in [9.17, 15) is 4.79 Å². The van der Waals surface area contributed by atoms with E-state index in [0.29, 0.717) is 17.4 Å². The summed E-state index contributed by atoms with van der Waals surface area (Å²) in [6.07, 6.45) is 5.42. The number of piperidine rings is 1. The zero-order valence-electron chi connectivity index (χ0n) is 14.0. The summed E-state index contributed by atoms with van der Waals surface area (Å²) >= 11 is 1.72. The first-order valence-electron chi connectivity index (χ1n) is 8.89. The fraction of sp³-hybridized carbons (Fsp3) is 0.722. The molecule has 1 saturated carbocycles. The van der Waals surface area contributed by atoms with Crippen molar-refractivity contribution in [1.29, 1.82) is 0 Å². The molecule has 2 aliphatic heterocycles. The molecule has 1 aliphatic carbocycles. The van der Waals surface area contributed by atoms with Crippen molar-refractivity contribution in [2.24, 2.45) is 11.3 Å². The molecule has 1 spiro atoms. The Balaban J connectivity index is 0.00000169. The van der Waals surface area contributed by atoms with E-state index in [1.54, 1.807) is 11.3 Å². The van der Waals surface area contributed by atoms with E-state index < -0.39 is 0 Å². The Morgan fingerprint density at radius 2 is 2.08 bits per heavy atom. The first kappa shape index (κ1) is 18.2. The van der Waals surface area contributed by atoms with E-state index >= 15 is 0 Å². The van der Waals surface area contributed by atoms with E-state index in [0.717, 1.165) is 45.7 Å². The maximum Gasteiger partial charge on any atom is 0.226 e. The summed E-state index contributed by atoms with van der Waals surface area (Å²) in [5, 5.41) is 7.75. The Labute approximate surface area is 154 Å². The van der Waals surface area contributed by atoms with Crippen molar-refractivity contribution in [3.8, 4) is 0 Å². The van der Waals surface area contributed by atoms with Gasteiger partial charge in [-0.05, 0) is 73.0 Å². The summed E-state index contributed by atoms with van der Waals surface area (Å²) in [5.41, 5.74) is 1.69. The van der Waals surface area contributed by atoms with Crippen LogP contribution in [0.2, 0.25) is 0 Å². The van der Waals surface area contributed by atoms with Crippen molar-refractivity contribution in [3.05, 3.63) is 22.4 Å². The van der Waals surface area contributed by atoms with Gasteiger partial charge >= 0.3 is 0 Å². The van der Waals surface area contributed by atoms with Crippen LogP contribution in [0, 0.1) is 11.3 Å². The van der Waals surface area contributed by atoms with Crippen LogP contribution in [-0.2, 0) is 16.1 Å². The lowest BCUT2D eigenvalue weighted by Gasteiger charge is -2.33. The molecule has 1 atom stereocenters. The lowest BCUT2D eigenvalue weighted by atomic mass is 9.92. The number of carbonyl (C=O) groups excluding carboxylic acids is 1. The van der Waals surface area contributed by atoms with E-state index in [-0.39, 0.29) is 18.3 Å². The minimum Gasteiger partial charge on any atom is -0.381 e. The first-order valence-corrected chi connectivity index (χ1v) is 9.83. The number of halogens is 1. The third-order valence-corrected chi connectivity index (χ3v) is 6.64. The van der Waals surface area contributed by atoms with Crippen LogP contribution in [0.3, 0.4) is 0 Å². The summed E-state index contributed by atoms with van der Waals surface area (Å²) in [4.78, 5) is 15.4. The number of nitrogens with one attached hydrogen (secondary N) is 1. The van der Waals surface area contributed by atoms with E-state index in [2.05, 4.69) is 27.0 Å². The van der Waals surface area contributed by atoms with Gasteiger partial charge in [0.05, 0.1) is 0 Å². The fourth-order valence-corrected chi connectivity index (χ4v) is 4.99. The van der Waals surface area contributed by atoms with Gasteiger partial charge in [0.1, 0.15) is 0 Å². The SMILES string of the molecule is Cl.O=C(C1CCOCC1)N(Cc1ccsc1)C1CC12CCNCC2. The van der Waals surface area contributed by atoms with Crippen molar-refractivity contribution < 1.29 is 9.53 Å². The van der Waals surface area contributed by atoms with Crippen LogP contribution in [0.25, 0.3) is 0 Å². The van der Waals surface area contributed by atoms with Crippen LogP contribution in [0.1, 0.15) is 37.7 Å².